The molecule has 2 unspecified atom stereocenters. The maximum Gasteiger partial charge on any atom is 0.265 e. The number of hydrogen-bond acceptors (Lipinski definition) is 5. The molecule has 1 aliphatic carbocycles. The highest BCUT2D eigenvalue weighted by molar-refractivity contribution is 6.04. The highest BCUT2D eigenvalue weighted by Crippen LogP contribution is 2.28. The molecule has 2 heterocycles. The first kappa shape index (κ1) is 15.7. The number of anilines is 1. The molecule has 0 radical (unpaired) electrons. The normalized spacial score (nSPS) is 21.2. The topological polar surface area (TPSA) is 68.0 Å². The number of para-hydroxylation sites is 1. The van der Waals surface area contributed by atoms with Crippen LogP contribution in [0.2, 0.25) is 0 Å². The number of nitrogens with one attached hydrogen (secondary N) is 1. The van der Waals surface area contributed by atoms with E-state index in [1.54, 1.807) is 0 Å². The fourth-order valence-corrected chi connectivity index (χ4v) is 3.56. The van der Waals surface area contributed by atoms with Gasteiger partial charge in [-0.25, -0.2) is 5.43 Å². The van der Waals surface area contributed by atoms with Crippen molar-refractivity contribution in [3.8, 4) is 0 Å². The molecule has 128 valence electrons. The minimum absolute atomic E-state index is 0.421. The molecule has 4 rings (SSSR count). The van der Waals surface area contributed by atoms with E-state index in [2.05, 4.69) is 51.7 Å². The Bertz CT molecular complexity index is 984. The zero-order valence-electron chi connectivity index (χ0n) is 14.8. The molecule has 0 fully saturated rings. The first-order valence-electron chi connectivity index (χ1n) is 8.66. The lowest BCUT2D eigenvalue weighted by Gasteiger charge is -2.24. The third-order valence-electron chi connectivity index (χ3n) is 5.05. The van der Waals surface area contributed by atoms with Crippen LogP contribution in [0.4, 0.5) is 5.95 Å². The molecule has 6 heteroatoms. The molecule has 0 saturated heterocycles. The van der Waals surface area contributed by atoms with Crippen LogP contribution in [-0.4, -0.2) is 26.0 Å². The van der Waals surface area contributed by atoms with Crippen LogP contribution < -0.4 is 5.43 Å². The van der Waals surface area contributed by atoms with E-state index in [0.717, 1.165) is 34.9 Å². The first-order chi connectivity index (χ1) is 12.1. The van der Waals surface area contributed by atoms with Gasteiger partial charge in [-0.3, -0.25) is 0 Å². The van der Waals surface area contributed by atoms with Gasteiger partial charge in [0.1, 0.15) is 5.52 Å². The van der Waals surface area contributed by atoms with Crippen LogP contribution in [0.1, 0.15) is 26.7 Å². The molecule has 1 N–H and O–H groups in total. The summed E-state index contributed by atoms with van der Waals surface area (Å²) in [4.78, 5) is 4.58. The van der Waals surface area contributed by atoms with Gasteiger partial charge >= 0.3 is 0 Å². The van der Waals surface area contributed by atoms with Crippen LogP contribution in [0.3, 0.4) is 0 Å². The number of benzene rings is 1. The quantitative estimate of drug-likeness (QED) is 0.448. The van der Waals surface area contributed by atoms with Gasteiger partial charge in [-0.2, -0.15) is 10.1 Å². The Kier molecular flexibility index (Phi) is 3.95. The van der Waals surface area contributed by atoms with Gasteiger partial charge in [-0.15, -0.1) is 10.2 Å². The number of hydrogen-bond donors (Lipinski definition) is 1. The molecule has 2 aromatic heterocycles. The van der Waals surface area contributed by atoms with Gasteiger partial charge in [-0.05, 0) is 31.7 Å². The molecule has 0 bridgehead atoms. The predicted octanol–water partition coefficient (Wildman–Crippen LogP) is 3.91. The summed E-state index contributed by atoms with van der Waals surface area (Å²) < 4.78 is 2.03. The summed E-state index contributed by atoms with van der Waals surface area (Å²) in [7, 11) is 1.99. The molecule has 3 aromatic rings. The van der Waals surface area contributed by atoms with Crippen molar-refractivity contribution in [1.82, 2.24) is 19.7 Å². The fourth-order valence-electron chi connectivity index (χ4n) is 3.56. The molecule has 0 saturated carbocycles. The second-order valence-corrected chi connectivity index (χ2v) is 6.91. The number of allylic oxidation sites excluding steroid dienone is 2. The summed E-state index contributed by atoms with van der Waals surface area (Å²) in [5.74, 6) is 1.48. The molecule has 0 aliphatic heterocycles. The first-order valence-corrected chi connectivity index (χ1v) is 8.66. The Labute approximate surface area is 146 Å². The number of fused-ring (bicyclic) bond motifs is 3. The third-order valence-corrected chi connectivity index (χ3v) is 5.05. The molecular weight excluding hydrogens is 312 g/mol. The van der Waals surface area contributed by atoms with Gasteiger partial charge in [0.15, 0.2) is 5.65 Å². The number of nitrogens with zero attached hydrogens (tertiary/aromatic N) is 5. The maximum atomic E-state index is 4.58. The van der Waals surface area contributed by atoms with Crippen molar-refractivity contribution < 1.29 is 0 Å². The monoisotopic (exact) mass is 334 g/mol. The van der Waals surface area contributed by atoms with E-state index in [-0.39, 0.29) is 0 Å². The fraction of sp³-hybridized carbons (Fsp3) is 0.368. The second-order valence-electron chi connectivity index (χ2n) is 6.91. The van der Waals surface area contributed by atoms with Crippen LogP contribution >= 0.6 is 0 Å². The summed E-state index contributed by atoms with van der Waals surface area (Å²) in [5, 5.41) is 13.9. The lowest BCUT2D eigenvalue weighted by atomic mass is 9.82. The summed E-state index contributed by atoms with van der Waals surface area (Å²) >= 11 is 0. The largest absolute Gasteiger partial charge is 0.327 e. The standard InChI is InChI=1S/C19H22N6/c1-12-8-9-14(13(2)10-12)11-20-23-19-21-18-17(22-24-19)15-6-4-5-7-16(15)25(18)3/h4-8,11,13-14H,9-10H2,1-3H3,(H,21,23,24)/b20-11+. The van der Waals surface area contributed by atoms with Crippen molar-refractivity contribution in [3.05, 3.63) is 35.9 Å². The SMILES string of the molecule is CC1=CCC(/C=N/Nc2nnc3c4ccccc4n(C)c3n2)C(C)C1. The van der Waals surface area contributed by atoms with Crippen LogP contribution in [0.25, 0.3) is 22.1 Å². The number of hydrazone groups is 1. The third kappa shape index (κ3) is 2.88. The van der Waals surface area contributed by atoms with Gasteiger partial charge in [0, 0.05) is 24.6 Å². The lowest BCUT2D eigenvalue weighted by Crippen LogP contribution is -2.17. The predicted molar refractivity (Wildman–Crippen MR) is 102 cm³/mol. The smallest absolute Gasteiger partial charge is 0.265 e. The second kappa shape index (κ2) is 6.27. The minimum atomic E-state index is 0.421. The van der Waals surface area contributed by atoms with Gasteiger partial charge in [0.2, 0.25) is 0 Å². The van der Waals surface area contributed by atoms with E-state index in [1.165, 1.54) is 5.57 Å². The summed E-state index contributed by atoms with van der Waals surface area (Å²) in [5.41, 5.74) is 7.12. The summed E-state index contributed by atoms with van der Waals surface area (Å²) in [6, 6.07) is 8.12. The summed E-state index contributed by atoms with van der Waals surface area (Å²) in [6.07, 6.45) is 6.45. The molecule has 0 spiro atoms. The van der Waals surface area contributed by atoms with E-state index in [9.17, 15) is 0 Å². The van der Waals surface area contributed by atoms with Crippen LogP contribution in [-0.2, 0) is 7.05 Å². The number of aromatic nitrogens is 4. The number of aryl methyl sites for hydroxylation is 1. The summed E-state index contributed by atoms with van der Waals surface area (Å²) in [6.45, 7) is 4.47. The average Bonchev–Trinajstić information content (AvgIpc) is 2.90. The molecule has 6 nitrogen and oxygen atoms in total. The van der Waals surface area contributed by atoms with E-state index in [4.69, 9.17) is 0 Å². The molecule has 25 heavy (non-hydrogen) atoms. The molecule has 0 amide bonds. The lowest BCUT2D eigenvalue weighted by molar-refractivity contribution is 0.438. The van der Waals surface area contributed by atoms with Crippen molar-refractivity contribution in [3.63, 3.8) is 0 Å². The highest BCUT2D eigenvalue weighted by atomic mass is 15.4. The van der Waals surface area contributed by atoms with Crippen LogP contribution in [0.5, 0.6) is 0 Å². The molecule has 2 atom stereocenters. The zero-order chi connectivity index (χ0) is 17.4. The van der Waals surface area contributed by atoms with Crippen molar-refractivity contribution in [2.24, 2.45) is 24.0 Å². The van der Waals surface area contributed by atoms with Gasteiger partial charge in [-0.1, -0.05) is 36.8 Å². The molecular formula is C19H22N6. The Morgan fingerprint density at radius 1 is 1.28 bits per heavy atom. The highest BCUT2D eigenvalue weighted by Gasteiger charge is 2.19. The van der Waals surface area contributed by atoms with Crippen molar-refractivity contribution in [2.75, 3.05) is 5.43 Å². The molecule has 1 aromatic carbocycles. The van der Waals surface area contributed by atoms with E-state index in [1.807, 2.05) is 36.0 Å². The maximum absolute atomic E-state index is 4.58. The number of rotatable bonds is 3. The van der Waals surface area contributed by atoms with Gasteiger partial charge < -0.3 is 4.57 Å². The van der Waals surface area contributed by atoms with Gasteiger partial charge in [0.05, 0.1) is 5.52 Å². The van der Waals surface area contributed by atoms with Gasteiger partial charge in [0.25, 0.3) is 5.95 Å². The Morgan fingerprint density at radius 3 is 2.96 bits per heavy atom. The van der Waals surface area contributed by atoms with Crippen molar-refractivity contribution in [2.45, 2.75) is 26.7 Å². The molecule has 1 aliphatic rings. The van der Waals surface area contributed by atoms with Crippen LogP contribution in [0, 0.1) is 11.8 Å². The van der Waals surface area contributed by atoms with E-state index >= 15 is 0 Å². The van der Waals surface area contributed by atoms with Crippen LogP contribution in [0.15, 0.2) is 41.0 Å². The minimum Gasteiger partial charge on any atom is -0.327 e. The zero-order valence-corrected chi connectivity index (χ0v) is 14.8. The Hall–Kier alpha value is -2.76. The van der Waals surface area contributed by atoms with E-state index < -0.39 is 0 Å². The average molecular weight is 334 g/mol. The van der Waals surface area contributed by atoms with Crippen molar-refractivity contribution in [1.29, 1.82) is 0 Å². The Balaban J connectivity index is 1.57. The van der Waals surface area contributed by atoms with E-state index in [0.29, 0.717) is 17.8 Å². The van der Waals surface area contributed by atoms with Crippen molar-refractivity contribution >= 4 is 34.2 Å². The Morgan fingerprint density at radius 2 is 2.12 bits per heavy atom.